The number of nitrogens with two attached hydrogens (primary N) is 1. The third-order valence-corrected chi connectivity index (χ3v) is 10.3. The third kappa shape index (κ3) is 5.87. The summed E-state index contributed by atoms with van der Waals surface area (Å²) >= 11 is 0. The Morgan fingerprint density at radius 2 is 1.65 bits per heavy atom. The van der Waals surface area contributed by atoms with Crippen molar-refractivity contribution in [1.29, 1.82) is 0 Å². The molecule has 3 aliphatic carbocycles. The van der Waals surface area contributed by atoms with E-state index in [0.717, 1.165) is 12.1 Å². The summed E-state index contributed by atoms with van der Waals surface area (Å²) < 4.78 is 41.2. The number of ether oxygens (including phenoxy) is 1. The number of hydrogen-bond acceptors (Lipinski definition) is 11. The number of fused-ring (bicyclic) bond motifs is 3. The van der Waals surface area contributed by atoms with Crippen LogP contribution in [0.1, 0.15) is 41.8 Å². The van der Waals surface area contributed by atoms with Crippen LogP contribution in [0.2, 0.25) is 0 Å². The second-order valence-corrected chi connectivity index (χ2v) is 14.3. The lowest BCUT2D eigenvalue weighted by Gasteiger charge is -2.61. The van der Waals surface area contributed by atoms with E-state index in [0.29, 0.717) is 11.3 Å². The first-order valence-electron chi connectivity index (χ1n) is 15.8. The van der Waals surface area contributed by atoms with E-state index in [-0.39, 0.29) is 36.2 Å². The number of phenols is 1. The van der Waals surface area contributed by atoms with E-state index < -0.39 is 87.2 Å². The molecule has 2 saturated carbocycles. The molecule has 2 aromatic carbocycles. The molecule has 17 heteroatoms. The summed E-state index contributed by atoms with van der Waals surface area (Å²) in [7, 11) is 6.36. The first kappa shape index (κ1) is 37.2. The number of Topliss-reactive ketones (excluding diaryl/α,β-unsaturated/α-hetero) is 4. The Morgan fingerprint density at radius 3 is 2.18 bits per heavy atom. The lowest BCUT2D eigenvalue weighted by Crippen LogP contribution is -2.79. The van der Waals surface area contributed by atoms with E-state index in [2.05, 4.69) is 15.4 Å². The Labute approximate surface area is 290 Å². The average Bonchev–Trinajstić information content (AvgIpc) is 2.98. The molecular weight excluding hydrogens is 679 g/mol. The number of benzene rings is 2. The Bertz CT molecular complexity index is 1860. The predicted molar refractivity (Wildman–Crippen MR) is 174 cm³/mol. The van der Waals surface area contributed by atoms with Crippen LogP contribution >= 0.6 is 0 Å². The van der Waals surface area contributed by atoms with E-state index in [9.17, 15) is 52.2 Å². The van der Waals surface area contributed by atoms with Gasteiger partial charge in [0, 0.05) is 43.0 Å². The molecule has 2 aromatic rings. The molecule has 0 radical (unpaired) electrons. The molecule has 0 saturated heterocycles. The average molecular weight is 718 g/mol. The van der Waals surface area contributed by atoms with Crippen molar-refractivity contribution >= 4 is 46.4 Å². The van der Waals surface area contributed by atoms with E-state index in [1.165, 1.54) is 38.1 Å². The zero-order valence-electron chi connectivity index (χ0n) is 28.6. The van der Waals surface area contributed by atoms with Crippen LogP contribution in [0, 0.1) is 22.7 Å². The zero-order valence-corrected chi connectivity index (χ0v) is 28.6. The SMILES string of the molecule is CN(C)c1cc(CNC(=O)Nc2ccc(OC(F)(F)F)cc2)c(O)c2c1C[C@@]1(C)C[C@@]3(C)[C@H](N(C)C)C(=O)C(C(N)=O)C(=O)[C@@]3(O)C(=O)C1C2=O. The summed E-state index contributed by atoms with van der Waals surface area (Å²) in [4.78, 5) is 84.5. The van der Waals surface area contributed by atoms with Gasteiger partial charge in [-0.05, 0) is 68.2 Å². The van der Waals surface area contributed by atoms with Gasteiger partial charge >= 0.3 is 12.4 Å². The van der Waals surface area contributed by atoms with Gasteiger partial charge in [0.2, 0.25) is 5.91 Å². The smallest absolute Gasteiger partial charge is 0.507 e. The van der Waals surface area contributed by atoms with Crippen LogP contribution in [-0.2, 0) is 32.1 Å². The summed E-state index contributed by atoms with van der Waals surface area (Å²) in [5, 5.41) is 28.6. The van der Waals surface area contributed by atoms with Crippen LogP contribution in [0.25, 0.3) is 0 Å². The molecule has 3 aliphatic rings. The number of carbonyl (C=O) groups excluding carboxylic acids is 6. The molecule has 0 bridgehead atoms. The number of primary amides is 1. The van der Waals surface area contributed by atoms with Gasteiger partial charge in [0.15, 0.2) is 34.7 Å². The molecule has 0 spiro atoms. The fraction of sp³-hybridized carbons (Fsp3) is 0.471. The molecule has 0 aliphatic heterocycles. The highest BCUT2D eigenvalue weighted by molar-refractivity contribution is 6.33. The molecule has 6 atom stereocenters. The number of hydrogen-bond donors (Lipinski definition) is 5. The van der Waals surface area contributed by atoms with Crippen molar-refractivity contribution in [2.24, 2.45) is 28.4 Å². The third-order valence-electron chi connectivity index (χ3n) is 10.3. The number of urea groups is 1. The van der Waals surface area contributed by atoms with Gasteiger partial charge in [-0.3, -0.25) is 28.9 Å². The van der Waals surface area contributed by atoms with Crippen LogP contribution < -0.4 is 26.0 Å². The molecule has 0 aromatic heterocycles. The number of anilines is 2. The minimum Gasteiger partial charge on any atom is -0.507 e. The minimum atomic E-state index is -4.89. The van der Waals surface area contributed by atoms with Crippen LogP contribution in [0.5, 0.6) is 11.5 Å². The molecular formula is C34H38F3N5O9. The molecule has 2 unspecified atom stereocenters. The summed E-state index contributed by atoms with van der Waals surface area (Å²) in [6, 6.07) is 3.79. The van der Waals surface area contributed by atoms with Gasteiger partial charge in [-0.1, -0.05) is 13.8 Å². The maximum absolute atomic E-state index is 14.5. The van der Waals surface area contributed by atoms with Gasteiger partial charge in [0.05, 0.1) is 17.5 Å². The quantitative estimate of drug-likeness (QED) is 0.262. The van der Waals surface area contributed by atoms with Crippen molar-refractivity contribution in [3.63, 3.8) is 0 Å². The molecule has 51 heavy (non-hydrogen) atoms. The number of nitrogens with zero attached hydrogens (tertiary/aromatic N) is 2. The summed E-state index contributed by atoms with van der Waals surface area (Å²) in [6.45, 7) is 2.71. The Balaban J connectivity index is 1.50. The number of amides is 3. The maximum Gasteiger partial charge on any atom is 0.573 e. The molecule has 5 rings (SSSR count). The number of likely N-dealkylation sites (N-methyl/N-ethyl adjacent to an activating group) is 1. The van der Waals surface area contributed by atoms with Crippen LogP contribution in [-0.4, -0.2) is 96.4 Å². The Morgan fingerprint density at radius 1 is 1.04 bits per heavy atom. The van der Waals surface area contributed by atoms with Gasteiger partial charge in [-0.15, -0.1) is 13.2 Å². The van der Waals surface area contributed by atoms with Crippen molar-refractivity contribution in [3.05, 3.63) is 47.0 Å². The van der Waals surface area contributed by atoms with Gasteiger partial charge in [0.1, 0.15) is 11.5 Å². The number of nitrogens with one attached hydrogen (secondary N) is 2. The summed E-state index contributed by atoms with van der Waals surface area (Å²) in [5.41, 5.74) is 0.171. The van der Waals surface area contributed by atoms with Crippen molar-refractivity contribution in [2.45, 2.75) is 51.2 Å². The topological polar surface area (TPSA) is 209 Å². The number of carbonyl (C=O) groups is 6. The highest BCUT2D eigenvalue weighted by atomic mass is 19.4. The van der Waals surface area contributed by atoms with Gasteiger partial charge < -0.3 is 36.2 Å². The monoisotopic (exact) mass is 717 g/mol. The van der Waals surface area contributed by atoms with Crippen molar-refractivity contribution in [3.8, 4) is 11.5 Å². The normalized spacial score (nSPS) is 28.8. The molecule has 6 N–H and O–H groups in total. The Hall–Kier alpha value is -5.03. The first-order valence-corrected chi connectivity index (χ1v) is 15.8. The minimum absolute atomic E-state index is 0.00123. The van der Waals surface area contributed by atoms with Crippen molar-refractivity contribution < 1.29 is 56.9 Å². The van der Waals surface area contributed by atoms with Gasteiger partial charge in [-0.25, -0.2) is 4.79 Å². The molecule has 3 amide bonds. The molecule has 14 nitrogen and oxygen atoms in total. The zero-order chi connectivity index (χ0) is 38.2. The van der Waals surface area contributed by atoms with E-state index >= 15 is 0 Å². The number of rotatable bonds is 7. The predicted octanol–water partition coefficient (Wildman–Crippen LogP) is 1.93. The number of alkyl halides is 3. The van der Waals surface area contributed by atoms with Gasteiger partial charge in [-0.2, -0.15) is 0 Å². The fourth-order valence-electron chi connectivity index (χ4n) is 8.45. The van der Waals surface area contributed by atoms with Crippen LogP contribution in [0.15, 0.2) is 30.3 Å². The largest absolute Gasteiger partial charge is 0.573 e. The van der Waals surface area contributed by atoms with Crippen molar-refractivity contribution in [2.75, 3.05) is 38.4 Å². The number of aliphatic hydroxyl groups is 1. The second-order valence-electron chi connectivity index (χ2n) is 14.3. The van der Waals surface area contributed by atoms with E-state index in [1.54, 1.807) is 32.0 Å². The number of ketones is 4. The standard InChI is InChI=1S/C34H38F3N5O9/c1-31-12-18-19(41(3)4)11-15(13-39-30(49)40-16-7-9-17(10-8-16)51-34(35,36)37)23(43)20(18)24(44)22(31)28(47)33(50)27(46)21(29(38)48)25(45)26(42(5)6)32(33,2)14-31/h7-11,21-22,26,43,50H,12-14H2,1-6H3,(H2,38,48)(H2,39,40,49)/t21?,22?,26-,31+,32+,33-/m1/s1. The maximum atomic E-state index is 14.5. The number of phenolic OH excluding ortho intramolecular Hbond substituents is 1. The summed E-state index contributed by atoms with van der Waals surface area (Å²) in [6.07, 6.45) is -5.07. The number of aromatic hydroxyl groups is 1. The highest BCUT2D eigenvalue weighted by Crippen LogP contribution is 2.62. The first-order chi connectivity index (χ1) is 23.5. The second kappa shape index (κ2) is 12.3. The Kier molecular flexibility index (Phi) is 9.00. The number of halogens is 3. The lowest BCUT2D eigenvalue weighted by atomic mass is 9.42. The van der Waals surface area contributed by atoms with E-state index in [1.807, 2.05) is 0 Å². The molecule has 274 valence electrons. The highest BCUT2D eigenvalue weighted by Gasteiger charge is 2.76. The molecule has 0 heterocycles. The fourth-order valence-corrected chi connectivity index (χ4v) is 8.45. The van der Waals surface area contributed by atoms with Crippen LogP contribution in [0.3, 0.4) is 0 Å². The van der Waals surface area contributed by atoms with Crippen LogP contribution in [0.4, 0.5) is 29.3 Å². The molecule has 2 fully saturated rings. The lowest BCUT2D eigenvalue weighted by molar-refractivity contribution is -0.274. The van der Waals surface area contributed by atoms with Gasteiger partial charge in [0.25, 0.3) is 0 Å². The summed E-state index contributed by atoms with van der Waals surface area (Å²) in [5.74, 6) is -10.5. The van der Waals surface area contributed by atoms with Crippen molar-refractivity contribution in [1.82, 2.24) is 10.2 Å². The van der Waals surface area contributed by atoms with E-state index in [4.69, 9.17) is 5.73 Å².